The van der Waals surface area contributed by atoms with Crippen LogP contribution in [0, 0.1) is 10.1 Å². The lowest BCUT2D eigenvalue weighted by Gasteiger charge is -2.34. The average molecular weight is 448 g/mol. The molecule has 1 aliphatic heterocycles. The molecule has 0 saturated carbocycles. The molecule has 0 bridgehead atoms. The molecule has 3 rings (SSSR count). The number of carbonyl (C=O) groups excluding carboxylic acids is 2. The predicted octanol–water partition coefficient (Wildman–Crippen LogP) is 3.25. The highest BCUT2D eigenvalue weighted by Crippen LogP contribution is 2.35. The summed E-state index contributed by atoms with van der Waals surface area (Å²) in [5, 5.41) is 12.1. The number of methoxy groups -OCH3 is 1. The van der Waals surface area contributed by atoms with Crippen molar-refractivity contribution in [3.8, 4) is 11.5 Å². The molecule has 0 spiro atoms. The lowest BCUT2D eigenvalue weighted by Crippen LogP contribution is -2.50. The third-order valence-electron chi connectivity index (χ3n) is 4.95. The second kappa shape index (κ2) is 9.65. The average Bonchev–Trinajstić information content (AvgIpc) is 2.78. The van der Waals surface area contributed by atoms with Gasteiger partial charge in [-0.25, -0.2) is 0 Å². The highest BCUT2D eigenvalue weighted by molar-refractivity contribution is 6.30. The number of nitrogens with zero attached hydrogens (tertiary/aromatic N) is 3. The molecule has 31 heavy (non-hydrogen) atoms. The van der Waals surface area contributed by atoms with Crippen LogP contribution >= 0.6 is 11.6 Å². The normalized spacial score (nSPS) is 13.6. The first kappa shape index (κ1) is 22.4. The standard InChI is InChI=1S/C21H22ClN3O6/c1-3-31-19-12-16(17(25(28)29)13-18(19)30-2)21(27)24-10-8-23(9-11-24)20(26)14-4-6-15(22)7-5-14/h4-7,12-13H,3,8-11H2,1-2H3. The van der Waals surface area contributed by atoms with Crippen molar-refractivity contribution in [1.29, 1.82) is 0 Å². The third kappa shape index (κ3) is 4.88. The summed E-state index contributed by atoms with van der Waals surface area (Å²) in [5.74, 6) is -0.203. The number of ether oxygens (including phenoxy) is 2. The van der Waals surface area contributed by atoms with Crippen LogP contribution in [0.3, 0.4) is 0 Å². The van der Waals surface area contributed by atoms with Crippen molar-refractivity contribution in [3.63, 3.8) is 0 Å². The third-order valence-corrected chi connectivity index (χ3v) is 5.21. The molecule has 0 unspecified atom stereocenters. The van der Waals surface area contributed by atoms with Crippen molar-refractivity contribution in [2.75, 3.05) is 39.9 Å². The van der Waals surface area contributed by atoms with E-state index in [-0.39, 0.29) is 41.7 Å². The minimum atomic E-state index is -0.619. The highest BCUT2D eigenvalue weighted by atomic mass is 35.5. The molecule has 1 fully saturated rings. The first-order valence-corrected chi connectivity index (χ1v) is 10.1. The maximum atomic E-state index is 13.1. The predicted molar refractivity (Wildman–Crippen MR) is 114 cm³/mol. The Morgan fingerprint density at radius 2 is 1.61 bits per heavy atom. The number of hydrogen-bond acceptors (Lipinski definition) is 6. The first-order valence-electron chi connectivity index (χ1n) is 9.69. The number of rotatable bonds is 6. The van der Waals surface area contributed by atoms with Gasteiger partial charge >= 0.3 is 0 Å². The summed E-state index contributed by atoms with van der Waals surface area (Å²) in [6.07, 6.45) is 0. The summed E-state index contributed by atoms with van der Waals surface area (Å²) >= 11 is 5.87. The molecule has 2 aromatic carbocycles. The summed E-state index contributed by atoms with van der Waals surface area (Å²) in [5.41, 5.74) is 0.0769. The zero-order chi connectivity index (χ0) is 22.5. The molecule has 0 atom stereocenters. The van der Waals surface area contributed by atoms with Crippen LogP contribution < -0.4 is 9.47 Å². The Kier molecular flexibility index (Phi) is 6.96. The minimum Gasteiger partial charge on any atom is -0.493 e. The van der Waals surface area contributed by atoms with Crippen LogP contribution in [0.1, 0.15) is 27.6 Å². The first-order chi connectivity index (χ1) is 14.8. The van der Waals surface area contributed by atoms with Crippen LogP contribution in [-0.4, -0.2) is 66.4 Å². The fraction of sp³-hybridized carbons (Fsp3) is 0.333. The lowest BCUT2D eigenvalue weighted by atomic mass is 10.1. The Bertz CT molecular complexity index is 987. The van der Waals surface area contributed by atoms with Crippen LogP contribution in [-0.2, 0) is 0 Å². The molecule has 2 aromatic rings. The Morgan fingerprint density at radius 3 is 2.13 bits per heavy atom. The fourth-order valence-electron chi connectivity index (χ4n) is 3.36. The molecule has 0 radical (unpaired) electrons. The second-order valence-corrected chi connectivity index (χ2v) is 7.24. The van der Waals surface area contributed by atoms with E-state index in [1.54, 1.807) is 36.1 Å². The van der Waals surface area contributed by atoms with Crippen LogP contribution in [0.5, 0.6) is 11.5 Å². The molecule has 9 nitrogen and oxygen atoms in total. The van der Waals surface area contributed by atoms with Crippen molar-refractivity contribution < 1.29 is 24.0 Å². The quantitative estimate of drug-likeness (QED) is 0.497. The van der Waals surface area contributed by atoms with Gasteiger partial charge in [0.15, 0.2) is 11.5 Å². The van der Waals surface area contributed by atoms with E-state index in [9.17, 15) is 19.7 Å². The van der Waals surface area contributed by atoms with E-state index >= 15 is 0 Å². The van der Waals surface area contributed by atoms with E-state index in [1.807, 2.05) is 0 Å². The topological polar surface area (TPSA) is 102 Å². The Morgan fingerprint density at radius 1 is 1.03 bits per heavy atom. The minimum absolute atomic E-state index is 0.0771. The highest BCUT2D eigenvalue weighted by Gasteiger charge is 2.31. The van der Waals surface area contributed by atoms with Crippen LogP contribution in [0.4, 0.5) is 5.69 Å². The van der Waals surface area contributed by atoms with E-state index in [2.05, 4.69) is 0 Å². The monoisotopic (exact) mass is 447 g/mol. The van der Waals surface area contributed by atoms with E-state index in [0.29, 0.717) is 30.3 Å². The fourth-order valence-corrected chi connectivity index (χ4v) is 3.48. The van der Waals surface area contributed by atoms with E-state index in [1.165, 1.54) is 24.1 Å². The lowest BCUT2D eigenvalue weighted by molar-refractivity contribution is -0.385. The molecule has 0 N–H and O–H groups in total. The van der Waals surface area contributed by atoms with Gasteiger partial charge in [0.25, 0.3) is 17.5 Å². The molecule has 10 heteroatoms. The Labute approximate surface area is 184 Å². The smallest absolute Gasteiger partial charge is 0.286 e. The maximum absolute atomic E-state index is 13.1. The van der Waals surface area contributed by atoms with Gasteiger partial charge in [-0.1, -0.05) is 11.6 Å². The molecule has 0 aliphatic carbocycles. The van der Waals surface area contributed by atoms with Gasteiger partial charge in [0.05, 0.1) is 24.7 Å². The molecule has 1 aliphatic rings. The van der Waals surface area contributed by atoms with Crippen LogP contribution in [0.2, 0.25) is 5.02 Å². The largest absolute Gasteiger partial charge is 0.493 e. The van der Waals surface area contributed by atoms with Crippen LogP contribution in [0.15, 0.2) is 36.4 Å². The van der Waals surface area contributed by atoms with Gasteiger partial charge in [0.2, 0.25) is 0 Å². The molecule has 1 saturated heterocycles. The van der Waals surface area contributed by atoms with Gasteiger partial charge in [-0.15, -0.1) is 0 Å². The molecule has 0 aromatic heterocycles. The van der Waals surface area contributed by atoms with Gasteiger partial charge in [-0.2, -0.15) is 0 Å². The SMILES string of the molecule is CCOc1cc(C(=O)N2CCN(C(=O)c3ccc(Cl)cc3)CC2)c([N+](=O)[O-])cc1OC. The van der Waals surface area contributed by atoms with Crippen molar-refractivity contribution in [3.05, 3.63) is 62.7 Å². The van der Waals surface area contributed by atoms with Crippen LogP contribution in [0.25, 0.3) is 0 Å². The van der Waals surface area contributed by atoms with Gasteiger partial charge < -0.3 is 19.3 Å². The van der Waals surface area contributed by atoms with E-state index in [0.717, 1.165) is 0 Å². The van der Waals surface area contributed by atoms with Gasteiger partial charge in [-0.3, -0.25) is 19.7 Å². The van der Waals surface area contributed by atoms with E-state index < -0.39 is 10.8 Å². The summed E-state index contributed by atoms with van der Waals surface area (Å²) in [6, 6.07) is 9.13. The number of amides is 2. The molecule has 1 heterocycles. The van der Waals surface area contributed by atoms with Crippen molar-refractivity contribution >= 4 is 29.1 Å². The Balaban J connectivity index is 1.77. The summed E-state index contributed by atoms with van der Waals surface area (Å²) in [6.45, 7) is 3.22. The molecular formula is C21H22ClN3O6. The summed E-state index contributed by atoms with van der Waals surface area (Å²) < 4.78 is 10.6. The summed E-state index contributed by atoms with van der Waals surface area (Å²) in [4.78, 5) is 39.8. The Hall–Kier alpha value is -3.33. The maximum Gasteiger partial charge on any atom is 0.286 e. The number of nitro benzene ring substituents is 1. The van der Waals surface area contributed by atoms with E-state index in [4.69, 9.17) is 21.1 Å². The number of piperazine rings is 1. The molecular weight excluding hydrogens is 426 g/mol. The summed E-state index contributed by atoms with van der Waals surface area (Å²) in [7, 11) is 1.37. The second-order valence-electron chi connectivity index (χ2n) is 6.80. The number of hydrogen-bond donors (Lipinski definition) is 0. The van der Waals surface area contributed by atoms with Gasteiger partial charge in [0.1, 0.15) is 5.56 Å². The van der Waals surface area contributed by atoms with Crippen molar-refractivity contribution in [2.45, 2.75) is 6.92 Å². The molecule has 164 valence electrons. The van der Waals surface area contributed by atoms with Crippen molar-refractivity contribution in [2.24, 2.45) is 0 Å². The zero-order valence-electron chi connectivity index (χ0n) is 17.2. The van der Waals surface area contributed by atoms with Crippen molar-refractivity contribution in [1.82, 2.24) is 9.80 Å². The number of carbonyl (C=O) groups is 2. The number of halogens is 1. The van der Waals surface area contributed by atoms with Gasteiger partial charge in [0, 0.05) is 42.8 Å². The van der Waals surface area contributed by atoms with Gasteiger partial charge in [-0.05, 0) is 31.2 Å². The number of nitro groups is 1. The zero-order valence-corrected chi connectivity index (χ0v) is 17.9. The molecule has 2 amide bonds. The number of benzene rings is 2.